The van der Waals surface area contributed by atoms with Crippen LogP contribution in [0.4, 0.5) is 17.5 Å². The molecule has 3 heterocycles. The fourth-order valence-corrected chi connectivity index (χ4v) is 4.46. The highest BCUT2D eigenvalue weighted by Crippen LogP contribution is 2.40. The van der Waals surface area contributed by atoms with Crippen LogP contribution >= 0.6 is 0 Å². The van der Waals surface area contributed by atoms with Gasteiger partial charge in [0.15, 0.2) is 23.0 Å². The van der Waals surface area contributed by atoms with Crippen molar-refractivity contribution in [3.05, 3.63) is 47.7 Å². The highest BCUT2D eigenvalue weighted by atomic mass is 16.7. The molecule has 0 spiro atoms. The maximum atomic E-state index is 5.51. The predicted molar refractivity (Wildman–Crippen MR) is 136 cm³/mol. The molecule has 3 aromatic rings. The van der Waals surface area contributed by atoms with Crippen molar-refractivity contribution >= 4 is 17.5 Å². The molecular formula is C26H31N5O5. The lowest BCUT2D eigenvalue weighted by Crippen LogP contribution is -2.46. The van der Waals surface area contributed by atoms with E-state index < -0.39 is 0 Å². The van der Waals surface area contributed by atoms with Crippen molar-refractivity contribution in [2.24, 2.45) is 0 Å². The molecule has 10 heteroatoms. The highest BCUT2D eigenvalue weighted by molar-refractivity contribution is 5.67. The molecule has 0 aliphatic carbocycles. The third kappa shape index (κ3) is 5.03. The molecule has 0 atom stereocenters. The maximum absolute atomic E-state index is 5.51. The standard InChI is InChI=1S/C26H31N5O5/c1-17-11-24(28-19-13-22(32-2)25(34-4)23(14-19)33-3)29-26(27-17)31-9-7-30(8-10-31)15-18-5-6-20-21(12-18)36-16-35-20/h5-6,11-14H,7-10,15-16H2,1-4H3,(H,27,28,29). The normalized spacial score (nSPS) is 15.1. The van der Waals surface area contributed by atoms with Crippen LogP contribution in [0.3, 0.4) is 0 Å². The summed E-state index contributed by atoms with van der Waals surface area (Å²) in [6, 6.07) is 11.8. The number of nitrogens with zero attached hydrogens (tertiary/aromatic N) is 4. The largest absolute Gasteiger partial charge is 0.493 e. The minimum absolute atomic E-state index is 0.296. The molecular weight excluding hydrogens is 462 g/mol. The third-order valence-electron chi connectivity index (χ3n) is 6.28. The summed E-state index contributed by atoms with van der Waals surface area (Å²) in [6.45, 7) is 6.66. The van der Waals surface area contributed by atoms with Gasteiger partial charge in [0, 0.05) is 62.3 Å². The van der Waals surface area contributed by atoms with Gasteiger partial charge in [0.1, 0.15) is 5.82 Å². The molecule has 0 bridgehead atoms. The number of methoxy groups -OCH3 is 3. The van der Waals surface area contributed by atoms with Crippen molar-refractivity contribution in [1.29, 1.82) is 0 Å². The Hall–Kier alpha value is -3.92. The average molecular weight is 494 g/mol. The Labute approximate surface area is 210 Å². The van der Waals surface area contributed by atoms with Crippen LogP contribution in [0, 0.1) is 6.92 Å². The van der Waals surface area contributed by atoms with Gasteiger partial charge in [0.2, 0.25) is 18.5 Å². The van der Waals surface area contributed by atoms with Crippen molar-refractivity contribution in [3.8, 4) is 28.7 Å². The minimum atomic E-state index is 0.296. The third-order valence-corrected chi connectivity index (χ3v) is 6.28. The Kier molecular flexibility index (Phi) is 6.86. The number of fused-ring (bicyclic) bond motifs is 1. The zero-order valence-electron chi connectivity index (χ0n) is 21.0. The molecule has 0 radical (unpaired) electrons. The highest BCUT2D eigenvalue weighted by Gasteiger charge is 2.21. The molecule has 1 fully saturated rings. The first-order chi connectivity index (χ1) is 17.6. The van der Waals surface area contributed by atoms with Crippen LogP contribution in [0.25, 0.3) is 0 Å². The summed E-state index contributed by atoms with van der Waals surface area (Å²) >= 11 is 0. The fourth-order valence-electron chi connectivity index (χ4n) is 4.46. The van der Waals surface area contributed by atoms with Gasteiger partial charge in [-0.1, -0.05) is 6.07 Å². The number of ether oxygens (including phenoxy) is 5. The summed E-state index contributed by atoms with van der Waals surface area (Å²) < 4.78 is 27.3. The van der Waals surface area contributed by atoms with Crippen molar-refractivity contribution in [2.45, 2.75) is 13.5 Å². The summed E-state index contributed by atoms with van der Waals surface area (Å²) in [6.07, 6.45) is 0. The topological polar surface area (TPSA) is 90.4 Å². The van der Waals surface area contributed by atoms with E-state index in [4.69, 9.17) is 33.7 Å². The molecule has 2 aliphatic heterocycles. The number of nitrogens with one attached hydrogen (secondary N) is 1. The molecule has 1 saturated heterocycles. The predicted octanol–water partition coefficient (Wildman–Crippen LogP) is 3.61. The number of benzene rings is 2. The van der Waals surface area contributed by atoms with E-state index in [1.807, 2.05) is 31.2 Å². The second-order valence-electron chi connectivity index (χ2n) is 8.68. The van der Waals surface area contributed by atoms with Crippen LogP contribution in [0.15, 0.2) is 36.4 Å². The van der Waals surface area contributed by atoms with Crippen molar-refractivity contribution in [3.63, 3.8) is 0 Å². The lowest BCUT2D eigenvalue weighted by Gasteiger charge is -2.35. The number of aromatic nitrogens is 2. The molecule has 5 rings (SSSR count). The van der Waals surface area contributed by atoms with Gasteiger partial charge in [-0.15, -0.1) is 0 Å². The lowest BCUT2D eigenvalue weighted by molar-refractivity contribution is 0.174. The summed E-state index contributed by atoms with van der Waals surface area (Å²) in [5.41, 5.74) is 2.89. The summed E-state index contributed by atoms with van der Waals surface area (Å²) in [7, 11) is 4.78. The first-order valence-corrected chi connectivity index (χ1v) is 11.8. The molecule has 10 nitrogen and oxygen atoms in total. The number of rotatable bonds is 8. The number of anilines is 3. The van der Waals surface area contributed by atoms with E-state index in [9.17, 15) is 0 Å². The van der Waals surface area contributed by atoms with Crippen molar-refractivity contribution < 1.29 is 23.7 Å². The van der Waals surface area contributed by atoms with Gasteiger partial charge in [-0.3, -0.25) is 4.90 Å². The smallest absolute Gasteiger partial charge is 0.231 e. The van der Waals surface area contributed by atoms with E-state index in [1.165, 1.54) is 5.56 Å². The molecule has 36 heavy (non-hydrogen) atoms. The summed E-state index contributed by atoms with van der Waals surface area (Å²) in [4.78, 5) is 14.2. The lowest BCUT2D eigenvalue weighted by atomic mass is 10.1. The van der Waals surface area contributed by atoms with Crippen LogP contribution in [0.1, 0.15) is 11.3 Å². The summed E-state index contributed by atoms with van der Waals surface area (Å²) in [5.74, 6) is 4.75. The number of hydrogen-bond donors (Lipinski definition) is 1. The van der Waals surface area contributed by atoms with Crippen LogP contribution in [-0.2, 0) is 6.54 Å². The van der Waals surface area contributed by atoms with Crippen LogP contribution < -0.4 is 33.9 Å². The van der Waals surface area contributed by atoms with Gasteiger partial charge in [-0.2, -0.15) is 4.98 Å². The molecule has 1 N–H and O–H groups in total. The maximum Gasteiger partial charge on any atom is 0.231 e. The van der Waals surface area contributed by atoms with Gasteiger partial charge < -0.3 is 33.9 Å². The van der Waals surface area contributed by atoms with E-state index >= 15 is 0 Å². The number of aryl methyl sites for hydroxylation is 1. The zero-order chi connectivity index (χ0) is 25.1. The van der Waals surface area contributed by atoms with Gasteiger partial charge in [0.05, 0.1) is 21.3 Å². The minimum Gasteiger partial charge on any atom is -0.493 e. The van der Waals surface area contributed by atoms with E-state index in [0.29, 0.717) is 35.8 Å². The SMILES string of the molecule is COc1cc(Nc2cc(C)nc(N3CCN(Cc4ccc5c(c4)OCO5)CC3)n2)cc(OC)c1OC. The number of hydrogen-bond acceptors (Lipinski definition) is 10. The Morgan fingerprint density at radius 1 is 0.861 bits per heavy atom. The molecule has 190 valence electrons. The van der Waals surface area contributed by atoms with Gasteiger partial charge in [-0.25, -0.2) is 4.98 Å². The molecule has 2 aliphatic rings. The van der Waals surface area contributed by atoms with E-state index in [-0.39, 0.29) is 0 Å². The second kappa shape index (κ2) is 10.4. The van der Waals surface area contributed by atoms with Gasteiger partial charge >= 0.3 is 0 Å². The van der Waals surface area contributed by atoms with E-state index in [0.717, 1.165) is 55.6 Å². The molecule has 0 unspecified atom stereocenters. The Balaban J connectivity index is 1.25. The quantitative estimate of drug-likeness (QED) is 0.502. The van der Waals surface area contributed by atoms with Crippen LogP contribution in [0.5, 0.6) is 28.7 Å². The molecule has 2 aromatic carbocycles. The first-order valence-electron chi connectivity index (χ1n) is 11.8. The van der Waals surface area contributed by atoms with E-state index in [1.54, 1.807) is 21.3 Å². The molecule has 1 aromatic heterocycles. The summed E-state index contributed by atoms with van der Waals surface area (Å²) in [5, 5.41) is 3.36. The van der Waals surface area contributed by atoms with Crippen LogP contribution in [-0.4, -0.2) is 69.2 Å². The molecule has 0 amide bonds. The Morgan fingerprint density at radius 3 is 2.28 bits per heavy atom. The zero-order valence-corrected chi connectivity index (χ0v) is 21.0. The van der Waals surface area contributed by atoms with Crippen LogP contribution in [0.2, 0.25) is 0 Å². The van der Waals surface area contributed by atoms with Crippen molar-refractivity contribution in [1.82, 2.24) is 14.9 Å². The Bertz CT molecular complexity index is 1200. The van der Waals surface area contributed by atoms with E-state index in [2.05, 4.69) is 27.2 Å². The molecule has 0 saturated carbocycles. The second-order valence-corrected chi connectivity index (χ2v) is 8.68. The first kappa shape index (κ1) is 23.8. The van der Waals surface area contributed by atoms with Gasteiger partial charge in [0.25, 0.3) is 0 Å². The number of piperazine rings is 1. The monoisotopic (exact) mass is 493 g/mol. The average Bonchev–Trinajstić information content (AvgIpc) is 3.36. The Morgan fingerprint density at radius 2 is 1.58 bits per heavy atom. The van der Waals surface area contributed by atoms with Crippen molar-refractivity contribution in [2.75, 3.05) is 64.5 Å². The van der Waals surface area contributed by atoms with Gasteiger partial charge in [-0.05, 0) is 24.6 Å². The fraction of sp³-hybridized carbons (Fsp3) is 0.385.